The number of carbonyl (C=O) groups is 1. The zero-order chi connectivity index (χ0) is 18.3. The highest BCUT2D eigenvalue weighted by molar-refractivity contribution is 6.18. The summed E-state index contributed by atoms with van der Waals surface area (Å²) in [7, 11) is 0. The zero-order valence-corrected chi connectivity index (χ0v) is 15.3. The number of alkyl halides is 1. The summed E-state index contributed by atoms with van der Waals surface area (Å²) < 4.78 is 35.1. The monoisotopic (exact) mass is 384 g/mol. The van der Waals surface area contributed by atoms with Crippen LogP contribution in [0.25, 0.3) is 0 Å². The summed E-state index contributed by atoms with van der Waals surface area (Å²) in [4.78, 5) is 11.7. The first kappa shape index (κ1) is 18.2. The third-order valence-corrected chi connectivity index (χ3v) is 5.14. The highest BCUT2D eigenvalue weighted by Crippen LogP contribution is 2.42. The van der Waals surface area contributed by atoms with Crippen LogP contribution in [-0.4, -0.2) is 54.9 Å². The lowest BCUT2D eigenvalue weighted by molar-refractivity contribution is -0.339. The van der Waals surface area contributed by atoms with Crippen molar-refractivity contribution in [3.05, 3.63) is 35.9 Å². The number of hydrogen-bond donors (Lipinski definition) is 0. The second-order valence-electron chi connectivity index (χ2n) is 6.76. The highest BCUT2D eigenvalue weighted by atomic mass is 35.5. The highest BCUT2D eigenvalue weighted by Gasteiger charge is 2.59. The lowest BCUT2D eigenvalue weighted by Gasteiger charge is -2.45. The van der Waals surface area contributed by atoms with E-state index in [1.165, 1.54) is 6.92 Å². The average Bonchev–Trinajstić information content (AvgIpc) is 2.99. The molecule has 26 heavy (non-hydrogen) atoms. The molecule has 3 aliphatic rings. The molecule has 3 fully saturated rings. The predicted octanol–water partition coefficient (Wildman–Crippen LogP) is 2.13. The molecule has 0 spiro atoms. The average molecular weight is 385 g/mol. The van der Waals surface area contributed by atoms with Crippen molar-refractivity contribution in [1.29, 1.82) is 0 Å². The third kappa shape index (κ3) is 3.35. The summed E-state index contributed by atoms with van der Waals surface area (Å²) in [5, 5.41) is 0. The Labute approximate surface area is 156 Å². The van der Waals surface area contributed by atoms with E-state index in [1.807, 2.05) is 30.3 Å². The van der Waals surface area contributed by atoms with Crippen LogP contribution in [0.15, 0.2) is 30.3 Å². The molecule has 0 amide bonds. The van der Waals surface area contributed by atoms with Crippen molar-refractivity contribution >= 4 is 17.6 Å². The number of esters is 1. The van der Waals surface area contributed by atoms with E-state index in [2.05, 4.69) is 0 Å². The number of ether oxygens (including phenoxy) is 6. The normalized spacial score (nSPS) is 42.0. The Bertz CT molecular complexity index is 656. The molecule has 142 valence electrons. The fraction of sp³-hybridized carbons (Fsp3) is 0.611. The minimum absolute atomic E-state index is 0.121. The van der Waals surface area contributed by atoms with Gasteiger partial charge in [-0.3, -0.25) is 4.79 Å². The minimum Gasteiger partial charge on any atom is -0.457 e. The van der Waals surface area contributed by atoms with Gasteiger partial charge in [-0.05, 0) is 6.92 Å². The van der Waals surface area contributed by atoms with Crippen LogP contribution in [-0.2, 0) is 33.2 Å². The number of halogens is 1. The van der Waals surface area contributed by atoms with Crippen molar-refractivity contribution in [3.63, 3.8) is 0 Å². The number of fused-ring (bicyclic) bond motifs is 2. The standard InChI is InChI=1S/C18H21ClO7/c1-10(20)22-14-13-12(23-17-15(14)25-18(2,9-19)26-17)8-21-16(24-13)11-6-4-3-5-7-11/h3-7,12-17H,8-9H2,1-2H3/t12-,13-,14+,15-,16?,17-,18?/m1/s1. The van der Waals surface area contributed by atoms with Crippen LogP contribution in [0.2, 0.25) is 0 Å². The van der Waals surface area contributed by atoms with Gasteiger partial charge in [0.05, 0.1) is 12.5 Å². The summed E-state index contributed by atoms with van der Waals surface area (Å²) in [6.07, 6.45) is -3.57. The molecule has 0 bridgehead atoms. The number of hydrogen-bond acceptors (Lipinski definition) is 7. The first-order chi connectivity index (χ1) is 12.5. The second kappa shape index (κ2) is 7.07. The van der Waals surface area contributed by atoms with Gasteiger partial charge in [0.25, 0.3) is 0 Å². The molecular weight excluding hydrogens is 364 g/mol. The maximum Gasteiger partial charge on any atom is 0.303 e. The molecule has 3 saturated heterocycles. The Kier molecular flexibility index (Phi) is 4.94. The second-order valence-corrected chi connectivity index (χ2v) is 7.03. The summed E-state index contributed by atoms with van der Waals surface area (Å²) in [5.41, 5.74) is 0.879. The van der Waals surface area contributed by atoms with E-state index in [9.17, 15) is 4.79 Å². The van der Waals surface area contributed by atoms with E-state index in [1.54, 1.807) is 6.92 Å². The zero-order valence-electron chi connectivity index (χ0n) is 14.5. The third-order valence-electron chi connectivity index (χ3n) is 4.65. The summed E-state index contributed by atoms with van der Waals surface area (Å²) in [5.74, 6) is -1.32. The van der Waals surface area contributed by atoms with Crippen molar-refractivity contribution < 1.29 is 33.2 Å². The van der Waals surface area contributed by atoms with Crippen LogP contribution in [0.4, 0.5) is 0 Å². The molecule has 2 unspecified atom stereocenters. The van der Waals surface area contributed by atoms with Crippen LogP contribution in [0, 0.1) is 0 Å². The van der Waals surface area contributed by atoms with Gasteiger partial charge in [0, 0.05) is 12.5 Å². The smallest absolute Gasteiger partial charge is 0.303 e. The van der Waals surface area contributed by atoms with E-state index < -0.39 is 48.8 Å². The molecule has 1 aromatic carbocycles. The molecule has 7 atom stereocenters. The van der Waals surface area contributed by atoms with Gasteiger partial charge >= 0.3 is 5.97 Å². The molecular formula is C18H21ClO7. The predicted molar refractivity (Wildman–Crippen MR) is 89.3 cm³/mol. The fourth-order valence-electron chi connectivity index (χ4n) is 3.50. The maximum atomic E-state index is 11.7. The quantitative estimate of drug-likeness (QED) is 0.584. The van der Waals surface area contributed by atoms with Crippen molar-refractivity contribution in [2.24, 2.45) is 0 Å². The van der Waals surface area contributed by atoms with E-state index in [0.29, 0.717) is 0 Å². The Balaban J connectivity index is 1.58. The number of rotatable bonds is 3. The van der Waals surface area contributed by atoms with Gasteiger partial charge in [-0.1, -0.05) is 30.3 Å². The Morgan fingerprint density at radius 1 is 1.23 bits per heavy atom. The topological polar surface area (TPSA) is 72.5 Å². The van der Waals surface area contributed by atoms with Gasteiger partial charge in [0.2, 0.25) is 0 Å². The van der Waals surface area contributed by atoms with E-state index in [0.717, 1.165) is 5.56 Å². The number of carbonyl (C=O) groups excluding carboxylic acids is 1. The van der Waals surface area contributed by atoms with Crippen molar-refractivity contribution in [2.75, 3.05) is 12.5 Å². The molecule has 3 heterocycles. The van der Waals surface area contributed by atoms with Crippen LogP contribution >= 0.6 is 11.6 Å². The van der Waals surface area contributed by atoms with Gasteiger partial charge in [-0.25, -0.2) is 0 Å². The lowest BCUT2D eigenvalue weighted by Crippen LogP contribution is -2.62. The molecule has 0 N–H and O–H groups in total. The Morgan fingerprint density at radius 2 is 2.00 bits per heavy atom. The molecule has 8 heteroatoms. The summed E-state index contributed by atoms with van der Waals surface area (Å²) in [6.45, 7) is 3.36. The number of benzene rings is 1. The van der Waals surface area contributed by atoms with Gasteiger partial charge in [-0.2, -0.15) is 0 Å². The molecule has 7 nitrogen and oxygen atoms in total. The van der Waals surface area contributed by atoms with Crippen molar-refractivity contribution in [3.8, 4) is 0 Å². The molecule has 1 aromatic rings. The van der Waals surface area contributed by atoms with Crippen LogP contribution in [0.5, 0.6) is 0 Å². The maximum absolute atomic E-state index is 11.7. The molecule has 0 radical (unpaired) electrons. The van der Waals surface area contributed by atoms with E-state index in [-0.39, 0.29) is 12.5 Å². The Morgan fingerprint density at radius 3 is 2.69 bits per heavy atom. The van der Waals surface area contributed by atoms with E-state index >= 15 is 0 Å². The first-order valence-electron chi connectivity index (χ1n) is 8.55. The first-order valence-corrected chi connectivity index (χ1v) is 9.09. The Hall–Kier alpha value is -1.22. The minimum atomic E-state index is -1.01. The molecule has 3 aliphatic heterocycles. The molecule has 4 rings (SSSR count). The summed E-state index contributed by atoms with van der Waals surface area (Å²) >= 11 is 5.95. The summed E-state index contributed by atoms with van der Waals surface area (Å²) in [6, 6.07) is 9.56. The van der Waals surface area contributed by atoms with Gasteiger partial charge in [0.15, 0.2) is 30.6 Å². The van der Waals surface area contributed by atoms with Crippen LogP contribution in [0.3, 0.4) is 0 Å². The fourth-order valence-corrected chi connectivity index (χ4v) is 3.62. The van der Waals surface area contributed by atoms with Gasteiger partial charge in [-0.15, -0.1) is 11.6 Å². The van der Waals surface area contributed by atoms with Crippen molar-refractivity contribution in [1.82, 2.24) is 0 Å². The van der Waals surface area contributed by atoms with Crippen molar-refractivity contribution in [2.45, 2.75) is 56.6 Å². The SMILES string of the molecule is CC(=O)O[C@@H]1[C@H]2OC(C)(CCl)O[C@H]2O[C@@H]2COC(c3ccccc3)O[C@@H]12. The molecule has 0 aromatic heterocycles. The van der Waals surface area contributed by atoms with E-state index in [4.69, 9.17) is 40.0 Å². The van der Waals surface area contributed by atoms with Crippen LogP contribution in [0.1, 0.15) is 25.7 Å². The van der Waals surface area contributed by atoms with Gasteiger partial charge in [0.1, 0.15) is 12.2 Å². The largest absolute Gasteiger partial charge is 0.457 e. The van der Waals surface area contributed by atoms with Gasteiger partial charge < -0.3 is 28.4 Å². The van der Waals surface area contributed by atoms with Crippen LogP contribution < -0.4 is 0 Å². The molecule has 0 aliphatic carbocycles. The molecule has 0 saturated carbocycles. The lowest BCUT2D eigenvalue weighted by atomic mass is 9.97.